The maximum absolute atomic E-state index is 12.9. The Morgan fingerprint density at radius 1 is 1.33 bits per heavy atom. The lowest BCUT2D eigenvalue weighted by molar-refractivity contribution is -0.139. The number of benzene rings is 1. The molecule has 10 heteroatoms. The van der Waals surface area contributed by atoms with Crippen LogP contribution in [0.3, 0.4) is 0 Å². The van der Waals surface area contributed by atoms with Crippen molar-refractivity contribution >= 4 is 34.0 Å². The summed E-state index contributed by atoms with van der Waals surface area (Å²) in [5.41, 5.74) is -1.28. The van der Waals surface area contributed by atoms with Gasteiger partial charge in [0.25, 0.3) is 0 Å². The van der Waals surface area contributed by atoms with Gasteiger partial charge in [-0.1, -0.05) is 17.7 Å². The Kier molecular flexibility index (Phi) is 7.44. The average Bonchev–Trinajstić information content (AvgIpc) is 2.34. The molecular weight excluding hydrogens is 352 g/mol. The van der Waals surface area contributed by atoms with Gasteiger partial charge in [0.15, 0.2) is 0 Å². The monoisotopic (exact) mass is 366 g/mol. The molecule has 0 radical (unpaired) electrons. The predicted octanol–water partition coefficient (Wildman–Crippen LogP) is 2.67. The van der Waals surface area contributed by atoms with E-state index in [-0.39, 0.29) is 25.0 Å². The number of hydrogen-bond acceptors (Lipinski definition) is 3. The molecule has 0 aliphatic rings. The van der Waals surface area contributed by atoms with E-state index < -0.39 is 31.7 Å². The van der Waals surface area contributed by atoms with Crippen LogP contribution in [0.15, 0.2) is 23.1 Å². The minimum absolute atomic E-state index is 0. The van der Waals surface area contributed by atoms with Gasteiger partial charge in [-0.15, -0.1) is 12.4 Å². The second-order valence-electron chi connectivity index (χ2n) is 4.16. The molecule has 0 amide bonds. The van der Waals surface area contributed by atoms with E-state index in [1.807, 2.05) is 0 Å². The number of likely N-dealkylation sites (N-methyl/N-ethyl adjacent to an activating group) is 1. The number of halogens is 5. The van der Waals surface area contributed by atoms with E-state index in [1.54, 1.807) is 14.0 Å². The molecule has 21 heavy (non-hydrogen) atoms. The van der Waals surface area contributed by atoms with Gasteiger partial charge in [0.05, 0.1) is 10.6 Å². The van der Waals surface area contributed by atoms with Crippen LogP contribution in [0.4, 0.5) is 13.2 Å². The SMILES string of the molecule is CNC(C)CNS(=O)(=O)c1c(Cl)cccc1C(F)(F)F.Cl. The van der Waals surface area contributed by atoms with Gasteiger partial charge >= 0.3 is 6.18 Å². The smallest absolute Gasteiger partial charge is 0.316 e. The van der Waals surface area contributed by atoms with Crippen molar-refractivity contribution < 1.29 is 21.6 Å². The number of sulfonamides is 1. The van der Waals surface area contributed by atoms with Crippen LogP contribution in [0.2, 0.25) is 5.02 Å². The first kappa shape index (κ1) is 20.5. The Morgan fingerprint density at radius 2 is 1.90 bits per heavy atom. The van der Waals surface area contributed by atoms with Crippen LogP contribution >= 0.6 is 24.0 Å². The van der Waals surface area contributed by atoms with Gasteiger partial charge in [-0.3, -0.25) is 0 Å². The summed E-state index contributed by atoms with van der Waals surface area (Å²) in [4.78, 5) is -0.947. The van der Waals surface area contributed by atoms with E-state index in [0.29, 0.717) is 6.07 Å². The van der Waals surface area contributed by atoms with Crippen LogP contribution in [-0.2, 0) is 16.2 Å². The summed E-state index contributed by atoms with van der Waals surface area (Å²) in [5, 5.41) is 2.30. The molecule has 1 atom stereocenters. The highest BCUT2D eigenvalue weighted by Gasteiger charge is 2.38. The summed E-state index contributed by atoms with van der Waals surface area (Å²) in [7, 11) is -2.75. The zero-order valence-electron chi connectivity index (χ0n) is 11.2. The standard InChI is InChI=1S/C11H14ClF3N2O2S.ClH/c1-7(16-2)6-17-20(18,19)10-8(11(13,14)15)4-3-5-9(10)12;/h3-5,7,16-17H,6H2,1-2H3;1H. The van der Waals surface area contributed by atoms with E-state index in [2.05, 4.69) is 10.0 Å². The van der Waals surface area contributed by atoms with Crippen molar-refractivity contribution in [3.05, 3.63) is 28.8 Å². The van der Waals surface area contributed by atoms with E-state index in [1.165, 1.54) is 0 Å². The summed E-state index contributed by atoms with van der Waals surface area (Å²) in [5.74, 6) is 0. The third-order valence-corrected chi connectivity index (χ3v) is 4.56. The number of hydrogen-bond donors (Lipinski definition) is 2. The van der Waals surface area contributed by atoms with Gasteiger partial charge in [0.1, 0.15) is 4.90 Å². The third kappa shape index (κ3) is 5.30. The number of alkyl halides is 3. The molecule has 0 aliphatic heterocycles. The lowest BCUT2D eigenvalue weighted by Gasteiger charge is -2.16. The van der Waals surface area contributed by atoms with Gasteiger partial charge < -0.3 is 5.32 Å². The largest absolute Gasteiger partial charge is 0.417 e. The Morgan fingerprint density at radius 3 is 2.38 bits per heavy atom. The van der Waals surface area contributed by atoms with E-state index in [9.17, 15) is 21.6 Å². The van der Waals surface area contributed by atoms with Gasteiger partial charge in [0, 0.05) is 12.6 Å². The molecule has 1 rings (SSSR count). The fraction of sp³-hybridized carbons (Fsp3) is 0.455. The Hall–Kier alpha value is -0.540. The normalized spacial score (nSPS) is 13.6. The fourth-order valence-corrected chi connectivity index (χ4v) is 3.31. The second kappa shape index (κ2) is 7.64. The molecule has 0 bridgehead atoms. The lowest BCUT2D eigenvalue weighted by atomic mass is 10.2. The molecule has 4 nitrogen and oxygen atoms in total. The molecule has 0 heterocycles. The molecule has 1 aromatic rings. The highest BCUT2D eigenvalue weighted by atomic mass is 35.5. The van der Waals surface area contributed by atoms with Crippen LogP contribution in [0.1, 0.15) is 12.5 Å². The van der Waals surface area contributed by atoms with Crippen LogP contribution in [0.5, 0.6) is 0 Å². The molecule has 1 unspecified atom stereocenters. The molecule has 122 valence electrons. The maximum Gasteiger partial charge on any atom is 0.417 e. The maximum atomic E-state index is 12.9. The molecule has 0 aliphatic carbocycles. The van der Waals surface area contributed by atoms with Crippen molar-refractivity contribution in [1.29, 1.82) is 0 Å². The summed E-state index contributed by atoms with van der Waals surface area (Å²) < 4.78 is 64.7. The minimum Gasteiger partial charge on any atom is -0.316 e. The van der Waals surface area contributed by atoms with E-state index in [4.69, 9.17) is 11.6 Å². The summed E-state index contributed by atoms with van der Waals surface area (Å²) in [6.07, 6.45) is -4.80. The van der Waals surface area contributed by atoms with Crippen molar-refractivity contribution in [2.24, 2.45) is 0 Å². The summed E-state index contributed by atoms with van der Waals surface area (Å²) in [6.45, 7) is 1.63. The molecule has 2 N–H and O–H groups in total. The third-order valence-electron chi connectivity index (χ3n) is 2.61. The molecule has 0 saturated heterocycles. The van der Waals surface area contributed by atoms with Gasteiger partial charge in [-0.2, -0.15) is 13.2 Å². The zero-order chi connectivity index (χ0) is 15.6. The number of nitrogens with one attached hydrogen (secondary N) is 2. The van der Waals surface area contributed by atoms with Crippen molar-refractivity contribution in [1.82, 2.24) is 10.0 Å². The molecule has 0 fully saturated rings. The zero-order valence-corrected chi connectivity index (χ0v) is 13.6. The van der Waals surface area contributed by atoms with E-state index in [0.717, 1.165) is 12.1 Å². The summed E-state index contributed by atoms with van der Waals surface area (Å²) in [6, 6.07) is 2.61. The highest BCUT2D eigenvalue weighted by Crippen LogP contribution is 2.37. The topological polar surface area (TPSA) is 58.2 Å². The van der Waals surface area contributed by atoms with Gasteiger partial charge in [-0.25, -0.2) is 13.1 Å². The molecular formula is C11H15Cl2F3N2O2S. The quantitative estimate of drug-likeness (QED) is 0.842. The molecule has 0 aromatic heterocycles. The molecule has 0 saturated carbocycles. The lowest BCUT2D eigenvalue weighted by Crippen LogP contribution is -2.37. The Balaban J connectivity index is 0.00000400. The van der Waals surface area contributed by atoms with Crippen LogP contribution in [-0.4, -0.2) is 28.1 Å². The van der Waals surface area contributed by atoms with Crippen LogP contribution in [0, 0.1) is 0 Å². The predicted molar refractivity (Wildman–Crippen MR) is 77.4 cm³/mol. The van der Waals surface area contributed by atoms with E-state index >= 15 is 0 Å². The van der Waals surface area contributed by atoms with Gasteiger partial charge in [0.2, 0.25) is 10.0 Å². The van der Waals surface area contributed by atoms with Crippen molar-refractivity contribution in [2.75, 3.05) is 13.6 Å². The Labute approximate surface area is 132 Å². The van der Waals surface area contributed by atoms with Crippen LogP contribution in [0.25, 0.3) is 0 Å². The van der Waals surface area contributed by atoms with Crippen molar-refractivity contribution in [2.45, 2.75) is 24.0 Å². The van der Waals surface area contributed by atoms with Crippen molar-refractivity contribution in [3.8, 4) is 0 Å². The summed E-state index contributed by atoms with van der Waals surface area (Å²) >= 11 is 5.63. The fourth-order valence-electron chi connectivity index (χ4n) is 1.41. The van der Waals surface area contributed by atoms with Crippen molar-refractivity contribution in [3.63, 3.8) is 0 Å². The first-order valence-corrected chi connectivity index (χ1v) is 7.48. The molecule has 0 spiro atoms. The number of rotatable bonds is 5. The van der Waals surface area contributed by atoms with Crippen LogP contribution < -0.4 is 10.0 Å². The molecule has 1 aromatic carbocycles. The minimum atomic E-state index is -4.80. The Bertz CT molecular complexity index is 579. The first-order chi connectivity index (χ1) is 9.09. The second-order valence-corrected chi connectivity index (χ2v) is 6.27. The van der Waals surface area contributed by atoms with Gasteiger partial charge in [-0.05, 0) is 26.1 Å². The highest BCUT2D eigenvalue weighted by molar-refractivity contribution is 7.89. The first-order valence-electron chi connectivity index (χ1n) is 5.62. The average molecular weight is 367 g/mol.